The van der Waals surface area contributed by atoms with Crippen LogP contribution in [0.4, 0.5) is 0 Å². The Hall–Kier alpha value is -5.55. The number of phenols is 1. The van der Waals surface area contributed by atoms with Gasteiger partial charge in [-0.25, -0.2) is 0 Å². The van der Waals surface area contributed by atoms with Crippen molar-refractivity contribution in [2.75, 3.05) is 39.9 Å². The molecule has 1 fully saturated rings. The van der Waals surface area contributed by atoms with Crippen LogP contribution >= 0.6 is 15.2 Å². The summed E-state index contributed by atoms with van der Waals surface area (Å²) in [6.45, 7) is 18.9. The van der Waals surface area contributed by atoms with Crippen LogP contribution in [0.25, 0.3) is 5.76 Å². The number of aliphatic hydroxyl groups excluding tert-OH is 3. The SMILES string of the molecule is CO[C@H]1/C=C/O[C@@]2(C)Oc3c(C)c(O)c4c(c3C2=O)C2=NC3(CCN(CC(C)C)CC3)N(CCC(=O)c3ccc(OCCCCC(P(=O)(O)O)P(=O)(O)O)cc3)C2C(=C4O)NC(=O)/C(C)=C\C=C\[C@H](C)[C@H](O)[C@@H](C)[C@@H](O)[C@@H](C)[C@H](OC(C)=O)[C@@H]1C. The number of carbonyl (C=O) groups excluding carboxylic acids is 4. The molecule has 1 saturated heterocycles. The number of esters is 1. The molecule has 2 aromatic carbocycles. The van der Waals surface area contributed by atoms with Gasteiger partial charge in [-0.05, 0) is 82.2 Å². The molecule has 25 heteroatoms. The van der Waals surface area contributed by atoms with Crippen molar-refractivity contribution < 1.29 is 92.0 Å². The number of rotatable bonds is 16. The molecule has 4 heterocycles. The van der Waals surface area contributed by atoms with E-state index in [-0.39, 0.29) is 83.2 Å². The molecule has 1 spiro atoms. The maximum Gasteiger partial charge on any atom is 0.340 e. The highest BCUT2D eigenvalue weighted by molar-refractivity contribution is 7.70. The van der Waals surface area contributed by atoms with E-state index in [0.717, 1.165) is 6.54 Å². The lowest BCUT2D eigenvalue weighted by Gasteiger charge is -2.45. The number of piperidine rings is 1. The van der Waals surface area contributed by atoms with Crippen molar-refractivity contribution in [2.24, 2.45) is 34.6 Å². The molecular formula is C60H84N4O19P2. The number of fused-ring (bicyclic) bond motifs is 3. The van der Waals surface area contributed by atoms with Gasteiger partial charge in [-0.15, -0.1) is 0 Å². The number of Topliss-reactive ketones (excluding diaryl/α,β-unsaturated/α-hetero) is 2. The van der Waals surface area contributed by atoms with Crippen molar-refractivity contribution in [3.63, 3.8) is 0 Å². The Kier molecular flexibility index (Phi) is 21.1. The summed E-state index contributed by atoms with van der Waals surface area (Å²) in [6, 6.07) is 5.17. The molecule has 1 amide bonds. The summed E-state index contributed by atoms with van der Waals surface area (Å²) in [5, 5.41) is 49.3. The number of amides is 1. The third kappa shape index (κ3) is 14.4. The number of phenolic OH excluding ortho intramolecular Hbond substituents is 1. The monoisotopic (exact) mass is 1230 g/mol. The maximum atomic E-state index is 15.3. The minimum Gasteiger partial charge on any atom is -0.507 e. The molecule has 7 rings (SSSR count). The minimum atomic E-state index is -5.06. The molecule has 4 aliphatic heterocycles. The van der Waals surface area contributed by atoms with E-state index < -0.39 is 122 Å². The van der Waals surface area contributed by atoms with E-state index in [9.17, 15) is 63.5 Å². The molecule has 0 radical (unpaired) electrons. The summed E-state index contributed by atoms with van der Waals surface area (Å²) in [5.41, 5.74) is -0.525. The van der Waals surface area contributed by atoms with Gasteiger partial charge in [-0.2, -0.15) is 0 Å². The zero-order chi connectivity index (χ0) is 62.8. The number of aliphatic imine (C=N–C) groups is 1. The van der Waals surface area contributed by atoms with E-state index in [2.05, 4.69) is 24.1 Å². The van der Waals surface area contributed by atoms with Crippen molar-refractivity contribution in [2.45, 2.75) is 155 Å². The van der Waals surface area contributed by atoms with E-state index in [1.165, 1.54) is 46.3 Å². The Bertz CT molecular complexity index is 3080. The fourth-order valence-corrected chi connectivity index (χ4v) is 15.0. The fraction of sp³-hybridized carbons (Fsp3) is 0.583. The predicted molar refractivity (Wildman–Crippen MR) is 315 cm³/mol. The summed E-state index contributed by atoms with van der Waals surface area (Å²) in [7, 11) is -8.68. The van der Waals surface area contributed by atoms with E-state index in [4.69, 9.17) is 28.7 Å². The lowest BCUT2D eigenvalue weighted by molar-refractivity contribution is -0.160. The van der Waals surface area contributed by atoms with Gasteiger partial charge in [0.25, 0.3) is 11.7 Å². The lowest BCUT2D eigenvalue weighted by Crippen LogP contribution is -2.57. The number of hydrogen-bond acceptors (Lipinski definition) is 18. The molecule has 5 bridgehead atoms. The standard InChI is InChI=1S/C60H84N4O19P2/c1-32(2)31-63-27-24-60(25-28-63)62-48-45-46-53(69)38(8)56-47(45)57(71)59(10,83-56)81-30-23-43(79-11)35(5)55(82-39(9)65)37(7)52(68)36(6)51(67)33(3)15-14-16-34(4)58(72)61-49(54(46)70)50(48)64(60)26-22-42(66)40-18-20-41(21-19-40)80-29-13-12-17-44(84(73,74)75)85(76,77)78/h14-16,18-21,23,30,32-33,35-37,43-44,50-52,55,67-70H,12-13,17,22,24-29,31H2,1-11H3,(H,61,72)(H2,73,74,75)(H2,76,77,78)/b15-14+,30-23+,34-16-/t33-,35+,36+,37+,43-,50?,51-,52+,55+,59-/m0/s1. The van der Waals surface area contributed by atoms with Crippen molar-refractivity contribution in [1.82, 2.24) is 15.1 Å². The maximum absolute atomic E-state index is 15.3. The van der Waals surface area contributed by atoms with Crippen LogP contribution in [0, 0.1) is 36.5 Å². The summed E-state index contributed by atoms with van der Waals surface area (Å²) < 4.78 is 53.6. The Labute approximate surface area is 496 Å². The number of benzene rings is 2. The smallest absolute Gasteiger partial charge is 0.340 e. The van der Waals surface area contributed by atoms with E-state index >= 15 is 4.79 Å². The van der Waals surface area contributed by atoms with Gasteiger partial charge in [0.2, 0.25) is 0 Å². The summed E-state index contributed by atoms with van der Waals surface area (Å²) in [5.74, 6) is -7.35. The van der Waals surface area contributed by atoms with Crippen LogP contribution < -0.4 is 14.8 Å². The van der Waals surface area contributed by atoms with E-state index in [1.807, 2.05) is 4.90 Å². The summed E-state index contributed by atoms with van der Waals surface area (Å²) >= 11 is 0. The molecule has 468 valence electrons. The highest BCUT2D eigenvalue weighted by Gasteiger charge is 2.58. The number of aromatic hydroxyl groups is 1. The Morgan fingerprint density at radius 2 is 1.54 bits per heavy atom. The zero-order valence-corrected chi connectivity index (χ0v) is 51.9. The Balaban J connectivity index is 1.29. The predicted octanol–water partition coefficient (Wildman–Crippen LogP) is 7.03. The first-order valence-corrected chi connectivity index (χ1v) is 32.2. The van der Waals surface area contributed by atoms with Crippen LogP contribution in [-0.4, -0.2) is 166 Å². The minimum absolute atomic E-state index is 0.0162. The third-order valence-corrected chi connectivity index (χ3v) is 21.1. The van der Waals surface area contributed by atoms with E-state index in [1.54, 1.807) is 71.0 Å². The number of unbranched alkanes of at least 4 members (excludes halogenated alkanes) is 1. The van der Waals surface area contributed by atoms with Gasteiger partial charge in [-0.3, -0.25) is 38.2 Å². The highest BCUT2D eigenvalue weighted by atomic mass is 31.2. The van der Waals surface area contributed by atoms with Crippen molar-refractivity contribution >= 4 is 50.1 Å². The topological polar surface area (TPSA) is 341 Å². The number of nitrogens with zero attached hydrogens (tertiary/aromatic N) is 3. The number of aliphatic hydroxyl groups is 3. The van der Waals surface area contributed by atoms with Crippen LogP contribution in [0.5, 0.6) is 17.2 Å². The number of nitrogens with one attached hydrogen (secondary N) is 1. The Morgan fingerprint density at radius 3 is 2.14 bits per heavy atom. The third-order valence-electron chi connectivity index (χ3n) is 17.2. The first-order chi connectivity index (χ1) is 39.8. The number of allylic oxidation sites excluding steroid dienone is 2. The first-order valence-electron chi connectivity index (χ1n) is 28.9. The molecule has 23 nitrogen and oxygen atoms in total. The number of hydrogen-bond donors (Lipinski definition) is 9. The second-order valence-corrected chi connectivity index (χ2v) is 27.9. The quantitative estimate of drug-likeness (QED) is 0.0352. The molecule has 0 aromatic heterocycles. The average molecular weight is 1230 g/mol. The Morgan fingerprint density at radius 1 is 0.894 bits per heavy atom. The van der Waals surface area contributed by atoms with Gasteiger partial charge in [-0.1, -0.05) is 59.8 Å². The number of carbonyl (C=O) groups is 4. The molecule has 85 heavy (non-hydrogen) atoms. The fourth-order valence-electron chi connectivity index (χ4n) is 12.4. The zero-order valence-electron chi connectivity index (χ0n) is 50.1. The van der Waals surface area contributed by atoms with Gasteiger partial charge in [0.05, 0.1) is 59.8 Å². The van der Waals surface area contributed by atoms with Crippen LogP contribution in [0.15, 0.2) is 71.1 Å². The van der Waals surface area contributed by atoms with Gasteiger partial charge in [0, 0.05) is 99.5 Å². The molecule has 10 atom stereocenters. The molecule has 1 aliphatic carbocycles. The number of methoxy groups -OCH3 is 1. The van der Waals surface area contributed by atoms with Crippen molar-refractivity contribution in [3.05, 3.63) is 93.9 Å². The molecule has 1 unspecified atom stereocenters. The van der Waals surface area contributed by atoms with Crippen LogP contribution in [0.2, 0.25) is 0 Å². The second kappa shape index (κ2) is 26.8. The number of ketones is 2. The lowest BCUT2D eigenvalue weighted by atomic mass is 9.78. The van der Waals surface area contributed by atoms with Crippen molar-refractivity contribution in [3.8, 4) is 17.2 Å². The largest absolute Gasteiger partial charge is 0.507 e. The normalized spacial score (nSPS) is 29.2. The molecule has 5 aliphatic rings. The number of likely N-dealkylation sites (tertiary alicyclic amines) is 1. The molecular weight excluding hydrogens is 1140 g/mol. The van der Waals surface area contributed by atoms with Crippen LogP contribution in [0.1, 0.15) is 138 Å². The van der Waals surface area contributed by atoms with Gasteiger partial charge >= 0.3 is 26.9 Å². The summed E-state index contributed by atoms with van der Waals surface area (Å²) in [6.07, 6.45) is 4.08. The van der Waals surface area contributed by atoms with Crippen molar-refractivity contribution in [1.29, 1.82) is 0 Å². The van der Waals surface area contributed by atoms with Gasteiger partial charge in [0.1, 0.15) is 34.8 Å². The van der Waals surface area contributed by atoms with E-state index in [0.29, 0.717) is 43.2 Å². The van der Waals surface area contributed by atoms with Crippen LogP contribution in [0.3, 0.4) is 0 Å². The number of ether oxygens (including phenoxy) is 5. The van der Waals surface area contributed by atoms with Gasteiger partial charge < -0.3 is 73.9 Å². The van der Waals surface area contributed by atoms with Crippen LogP contribution in [-0.2, 0) is 32.9 Å². The molecule has 2 aromatic rings. The average Bonchev–Trinajstić information content (AvgIpc) is 1.75. The molecule has 9 N–H and O–H groups in total. The molecule has 0 saturated carbocycles. The highest BCUT2D eigenvalue weighted by Crippen LogP contribution is 2.62. The summed E-state index contributed by atoms with van der Waals surface area (Å²) in [4.78, 5) is 105. The second-order valence-electron chi connectivity index (χ2n) is 23.9. The first kappa shape index (κ1) is 67.0. The van der Waals surface area contributed by atoms with Gasteiger partial charge in [0.15, 0.2) is 11.2 Å².